The number of nitrogens with one attached hydrogen (secondary N) is 1. The average Bonchev–Trinajstić information content (AvgIpc) is 2.25. The molecule has 86 valence electrons. The normalized spacial score (nSPS) is 18.8. The fourth-order valence-electron chi connectivity index (χ4n) is 1.89. The number of carbonyl (C=O) groups excluding carboxylic acids is 1. The smallest absolute Gasteiger partial charge is 0.312 e. The summed E-state index contributed by atoms with van der Waals surface area (Å²) in [6.07, 6.45) is 6.12. The summed E-state index contributed by atoms with van der Waals surface area (Å²) in [5.41, 5.74) is 10.8. The number of rotatable bonds is 4. The summed E-state index contributed by atoms with van der Waals surface area (Å²) in [4.78, 5) is 14.6. The molecule has 5 heteroatoms. The molecule has 5 nitrogen and oxygen atoms in total. The van der Waals surface area contributed by atoms with E-state index in [1.54, 1.807) is 0 Å². The number of amidine groups is 1. The third-order valence-electron chi connectivity index (χ3n) is 2.73. The molecule has 5 N–H and O–H groups in total. The Morgan fingerprint density at radius 3 is 2.53 bits per heavy atom. The lowest BCUT2D eigenvalue weighted by Crippen LogP contribution is -2.32. The highest BCUT2D eigenvalue weighted by Gasteiger charge is 2.16. The number of primary amides is 1. The van der Waals surface area contributed by atoms with E-state index in [2.05, 4.69) is 10.3 Å². The van der Waals surface area contributed by atoms with Gasteiger partial charge < -0.3 is 16.8 Å². The van der Waals surface area contributed by atoms with Gasteiger partial charge >= 0.3 is 6.03 Å². The third kappa shape index (κ3) is 4.67. The fraction of sp³-hybridized carbons (Fsp3) is 0.800. The fourth-order valence-corrected chi connectivity index (χ4v) is 1.89. The molecule has 0 atom stereocenters. The van der Waals surface area contributed by atoms with Gasteiger partial charge in [0.25, 0.3) is 0 Å². The molecule has 1 rings (SSSR count). The first-order valence-electron chi connectivity index (χ1n) is 5.53. The van der Waals surface area contributed by atoms with E-state index in [0.29, 0.717) is 19.0 Å². The van der Waals surface area contributed by atoms with Crippen molar-refractivity contribution in [3.8, 4) is 0 Å². The van der Waals surface area contributed by atoms with Crippen LogP contribution in [0.1, 0.15) is 32.1 Å². The van der Waals surface area contributed by atoms with Gasteiger partial charge in [-0.2, -0.15) is 0 Å². The van der Waals surface area contributed by atoms with E-state index in [4.69, 9.17) is 11.5 Å². The predicted octanol–water partition coefficient (Wildman–Crippen LogP) is 0.592. The Kier molecular flexibility index (Phi) is 4.93. The standard InChI is InChI=1S/C10H20N4O/c11-9(8-4-2-1-3-5-8)13-6-7-14-10(12)15/h8H,1-7H2,(H2,11,13)(H3,12,14,15). The van der Waals surface area contributed by atoms with E-state index in [0.717, 1.165) is 18.7 Å². The number of hydrogen-bond donors (Lipinski definition) is 3. The maximum Gasteiger partial charge on any atom is 0.312 e. The van der Waals surface area contributed by atoms with Gasteiger partial charge in [0.2, 0.25) is 0 Å². The molecule has 0 spiro atoms. The van der Waals surface area contributed by atoms with Crippen LogP contribution in [0.4, 0.5) is 4.79 Å². The first-order chi connectivity index (χ1) is 7.20. The third-order valence-corrected chi connectivity index (χ3v) is 2.73. The Hall–Kier alpha value is -1.26. The zero-order valence-electron chi connectivity index (χ0n) is 9.04. The molecule has 0 saturated heterocycles. The topological polar surface area (TPSA) is 93.5 Å². The molecule has 0 radical (unpaired) electrons. The van der Waals surface area contributed by atoms with E-state index in [1.807, 2.05) is 0 Å². The van der Waals surface area contributed by atoms with E-state index in [-0.39, 0.29) is 0 Å². The summed E-state index contributed by atoms with van der Waals surface area (Å²) in [6.45, 7) is 0.980. The molecule has 0 unspecified atom stereocenters. The van der Waals surface area contributed by atoms with Crippen LogP contribution >= 0.6 is 0 Å². The summed E-state index contributed by atoms with van der Waals surface area (Å²) in [6, 6.07) is -0.513. The van der Waals surface area contributed by atoms with Crippen LogP contribution in [0.5, 0.6) is 0 Å². The zero-order valence-corrected chi connectivity index (χ0v) is 9.04. The van der Waals surface area contributed by atoms with Gasteiger partial charge in [-0.25, -0.2) is 4.79 Å². The average molecular weight is 212 g/mol. The number of aliphatic imine (C=N–C) groups is 1. The highest BCUT2D eigenvalue weighted by molar-refractivity contribution is 5.82. The molecule has 15 heavy (non-hydrogen) atoms. The van der Waals surface area contributed by atoms with Crippen LogP contribution < -0.4 is 16.8 Å². The van der Waals surface area contributed by atoms with Crippen LogP contribution in [-0.2, 0) is 0 Å². The van der Waals surface area contributed by atoms with Gasteiger partial charge in [0, 0.05) is 12.5 Å². The van der Waals surface area contributed by atoms with Crippen LogP contribution in [0.15, 0.2) is 4.99 Å². The molecule has 0 aromatic carbocycles. The molecule has 0 aromatic rings. The lowest BCUT2D eigenvalue weighted by Gasteiger charge is -2.20. The number of nitrogens with zero attached hydrogens (tertiary/aromatic N) is 1. The van der Waals surface area contributed by atoms with Gasteiger partial charge in [-0.1, -0.05) is 19.3 Å². The monoisotopic (exact) mass is 212 g/mol. The largest absolute Gasteiger partial charge is 0.387 e. The Bertz CT molecular complexity index is 234. The zero-order chi connectivity index (χ0) is 11.1. The van der Waals surface area contributed by atoms with Crippen molar-refractivity contribution in [1.82, 2.24) is 5.32 Å². The van der Waals surface area contributed by atoms with Crippen molar-refractivity contribution in [2.75, 3.05) is 13.1 Å². The van der Waals surface area contributed by atoms with Gasteiger partial charge in [0.15, 0.2) is 0 Å². The summed E-state index contributed by atoms with van der Waals surface area (Å²) >= 11 is 0. The van der Waals surface area contributed by atoms with E-state index in [1.165, 1.54) is 19.3 Å². The molecule has 1 saturated carbocycles. The van der Waals surface area contributed by atoms with Crippen molar-refractivity contribution in [2.45, 2.75) is 32.1 Å². The molecule has 1 aliphatic carbocycles. The number of carbonyl (C=O) groups is 1. The van der Waals surface area contributed by atoms with Crippen molar-refractivity contribution in [2.24, 2.45) is 22.4 Å². The SMILES string of the molecule is NC(=O)NCCN=C(N)C1CCCCC1. The lowest BCUT2D eigenvalue weighted by atomic mass is 9.88. The van der Waals surface area contributed by atoms with Gasteiger partial charge in [0.1, 0.15) is 0 Å². The first-order valence-corrected chi connectivity index (χ1v) is 5.53. The summed E-state index contributed by atoms with van der Waals surface area (Å²) < 4.78 is 0. The number of hydrogen-bond acceptors (Lipinski definition) is 2. The molecule has 1 aliphatic rings. The first kappa shape index (κ1) is 11.8. The Morgan fingerprint density at radius 2 is 1.93 bits per heavy atom. The maximum absolute atomic E-state index is 10.4. The summed E-state index contributed by atoms with van der Waals surface area (Å²) in [7, 11) is 0. The van der Waals surface area contributed by atoms with Gasteiger partial charge in [-0.3, -0.25) is 4.99 Å². The molecule has 0 heterocycles. The number of urea groups is 1. The minimum atomic E-state index is -0.513. The van der Waals surface area contributed by atoms with Crippen LogP contribution in [0.2, 0.25) is 0 Å². The lowest BCUT2D eigenvalue weighted by molar-refractivity contribution is 0.249. The van der Waals surface area contributed by atoms with Crippen LogP contribution in [-0.4, -0.2) is 25.0 Å². The highest BCUT2D eigenvalue weighted by atomic mass is 16.2. The predicted molar refractivity (Wildman–Crippen MR) is 60.7 cm³/mol. The van der Waals surface area contributed by atoms with Crippen molar-refractivity contribution >= 4 is 11.9 Å². The molecule has 1 fully saturated rings. The van der Waals surface area contributed by atoms with Crippen LogP contribution in [0.25, 0.3) is 0 Å². The molecule has 0 bridgehead atoms. The summed E-state index contributed by atoms with van der Waals surface area (Å²) in [5.74, 6) is 1.19. The second-order valence-electron chi connectivity index (χ2n) is 3.93. The van der Waals surface area contributed by atoms with Crippen LogP contribution in [0, 0.1) is 5.92 Å². The Balaban J connectivity index is 2.22. The van der Waals surface area contributed by atoms with Crippen LogP contribution in [0.3, 0.4) is 0 Å². The second kappa shape index (κ2) is 6.27. The molecule has 0 aromatic heterocycles. The van der Waals surface area contributed by atoms with E-state index < -0.39 is 6.03 Å². The quantitative estimate of drug-likeness (QED) is 0.361. The molecule has 2 amide bonds. The van der Waals surface area contributed by atoms with E-state index >= 15 is 0 Å². The van der Waals surface area contributed by atoms with Gasteiger partial charge in [0.05, 0.1) is 12.4 Å². The Labute approximate surface area is 90.3 Å². The number of amides is 2. The van der Waals surface area contributed by atoms with E-state index in [9.17, 15) is 4.79 Å². The molecule has 0 aliphatic heterocycles. The summed E-state index contributed by atoms with van der Waals surface area (Å²) in [5, 5.41) is 2.48. The minimum absolute atomic E-state index is 0.451. The maximum atomic E-state index is 10.4. The van der Waals surface area contributed by atoms with Crippen molar-refractivity contribution in [3.63, 3.8) is 0 Å². The van der Waals surface area contributed by atoms with Gasteiger partial charge in [-0.15, -0.1) is 0 Å². The van der Waals surface area contributed by atoms with Crippen molar-refractivity contribution in [3.05, 3.63) is 0 Å². The number of nitrogens with two attached hydrogens (primary N) is 2. The van der Waals surface area contributed by atoms with Crippen molar-refractivity contribution < 1.29 is 4.79 Å². The minimum Gasteiger partial charge on any atom is -0.387 e. The molecular formula is C10H20N4O. The van der Waals surface area contributed by atoms with Crippen molar-refractivity contribution in [1.29, 1.82) is 0 Å². The Morgan fingerprint density at radius 1 is 1.27 bits per heavy atom. The molecular weight excluding hydrogens is 192 g/mol. The highest BCUT2D eigenvalue weighted by Crippen LogP contribution is 2.23. The second-order valence-corrected chi connectivity index (χ2v) is 3.93. The van der Waals surface area contributed by atoms with Gasteiger partial charge in [-0.05, 0) is 12.8 Å².